The molecule has 0 aliphatic carbocycles. The Morgan fingerprint density at radius 1 is 0.769 bits per heavy atom. The van der Waals surface area contributed by atoms with Crippen molar-refractivity contribution in [1.29, 1.82) is 0 Å². The third kappa shape index (κ3) is 10.8. The molecule has 0 saturated heterocycles. The van der Waals surface area contributed by atoms with Crippen LogP contribution in [0.3, 0.4) is 0 Å². The van der Waals surface area contributed by atoms with E-state index in [-0.39, 0.29) is 0 Å². The van der Waals surface area contributed by atoms with Gasteiger partial charge in [0.05, 0.1) is 0 Å². The molecule has 0 heterocycles. The molecule has 0 rings (SSSR count). The number of rotatable bonds is 9. The van der Waals surface area contributed by atoms with E-state index in [4.69, 9.17) is 0 Å². The zero-order valence-corrected chi connectivity index (χ0v) is 13.7. The van der Waals surface area contributed by atoms with Crippen molar-refractivity contribution in [3.8, 4) is 0 Å². The van der Waals surface area contributed by atoms with Crippen molar-refractivity contribution in [2.24, 2.45) is 0 Å². The van der Waals surface area contributed by atoms with Crippen LogP contribution in [0.1, 0.15) is 71.6 Å². The van der Waals surface area contributed by atoms with Crippen LogP contribution in [0.5, 0.6) is 0 Å². The molecule has 0 radical (unpaired) electrons. The first-order chi connectivity index (χ1) is 6.31. The van der Waals surface area contributed by atoms with Crippen LogP contribution in [0.4, 0.5) is 0 Å². The van der Waals surface area contributed by atoms with Crippen molar-refractivity contribution in [3.05, 3.63) is 0 Å². The zero-order chi connectivity index (χ0) is 9.94. The normalized spacial score (nSPS) is 13.2. The Labute approximate surface area is 101 Å². The van der Waals surface area contributed by atoms with Gasteiger partial charge in [-0.15, -0.1) is 0 Å². The molecule has 1 heteroatoms. The topological polar surface area (TPSA) is 0 Å². The molecule has 0 bridgehead atoms. The molecular weight excluding hydrogens is 257 g/mol. The first kappa shape index (κ1) is 13.9. The molecule has 0 aromatic heterocycles. The van der Waals surface area contributed by atoms with Gasteiger partial charge >= 0.3 is 101 Å². The summed E-state index contributed by atoms with van der Waals surface area (Å²) < 4.78 is 1.14. The Morgan fingerprint density at radius 2 is 1.38 bits per heavy atom. The second-order valence-electron chi connectivity index (χ2n) is 4.21. The molecule has 13 heavy (non-hydrogen) atoms. The molecule has 1 atom stereocenters. The van der Waals surface area contributed by atoms with Crippen LogP contribution < -0.4 is 0 Å². The summed E-state index contributed by atoms with van der Waals surface area (Å²) in [6.07, 6.45) is 13.2. The minimum absolute atomic E-state index is 1.14. The van der Waals surface area contributed by atoms with Crippen LogP contribution in [-0.4, -0.2) is 0 Å². The number of hydrogen-bond donors (Lipinski definition) is 0. The Hall–Kier alpha value is 0.922. The van der Waals surface area contributed by atoms with Crippen molar-refractivity contribution in [2.75, 3.05) is 0 Å². The fraction of sp³-hybridized carbons (Fsp3) is 1.00. The first-order valence-corrected chi connectivity index (χ1v) is 8.47. The standard InChI is InChI=1S/C12H25.Cd/c1-3-5-7-9-11-12-10-8-6-4-2;/h7H,3-6,8-12H2,1-2H3;. The SMILES string of the molecule is CCCCCCCC[CH]([Cd])CCC. The van der Waals surface area contributed by atoms with Crippen molar-refractivity contribution in [1.82, 2.24) is 0 Å². The molecule has 0 spiro atoms. The quantitative estimate of drug-likeness (QED) is 0.418. The van der Waals surface area contributed by atoms with Crippen molar-refractivity contribution in [2.45, 2.75) is 75.1 Å². The molecule has 0 N–H and O–H groups in total. The molecular formula is C12H25Cd. The van der Waals surface area contributed by atoms with Crippen LogP contribution in [0.25, 0.3) is 0 Å². The Balaban J connectivity index is 2.97. The molecule has 0 aliphatic rings. The molecule has 0 aromatic carbocycles. The molecule has 0 nitrogen and oxygen atoms in total. The van der Waals surface area contributed by atoms with E-state index in [0.29, 0.717) is 0 Å². The second-order valence-corrected chi connectivity index (χ2v) is 7.51. The van der Waals surface area contributed by atoms with E-state index in [0.717, 1.165) is 3.48 Å². The summed E-state index contributed by atoms with van der Waals surface area (Å²) in [5.41, 5.74) is 0. The van der Waals surface area contributed by atoms with Gasteiger partial charge in [0.1, 0.15) is 0 Å². The van der Waals surface area contributed by atoms with Gasteiger partial charge in [-0.1, -0.05) is 0 Å². The van der Waals surface area contributed by atoms with E-state index in [1.165, 1.54) is 83.6 Å². The molecule has 1 unspecified atom stereocenters. The predicted octanol–water partition coefficient (Wildman–Crippen LogP) is 4.87. The van der Waals surface area contributed by atoms with Crippen molar-refractivity contribution in [3.63, 3.8) is 0 Å². The second kappa shape index (κ2) is 11.0. The van der Waals surface area contributed by atoms with Crippen LogP contribution in [0.15, 0.2) is 0 Å². The predicted molar refractivity (Wildman–Crippen MR) is 56.7 cm³/mol. The van der Waals surface area contributed by atoms with E-state index < -0.39 is 0 Å². The van der Waals surface area contributed by atoms with Crippen LogP contribution in [0, 0.1) is 0 Å². The fourth-order valence-electron chi connectivity index (χ4n) is 1.77. The van der Waals surface area contributed by atoms with Crippen molar-refractivity contribution >= 4 is 0 Å². The third-order valence-corrected chi connectivity index (χ3v) is 4.99. The van der Waals surface area contributed by atoms with Gasteiger partial charge < -0.3 is 0 Å². The summed E-state index contributed by atoms with van der Waals surface area (Å²) in [7, 11) is 0. The summed E-state index contributed by atoms with van der Waals surface area (Å²) in [4.78, 5) is 0. The van der Waals surface area contributed by atoms with E-state index in [1.807, 2.05) is 0 Å². The van der Waals surface area contributed by atoms with E-state index in [9.17, 15) is 0 Å². The van der Waals surface area contributed by atoms with Gasteiger partial charge in [-0.2, -0.15) is 0 Å². The summed E-state index contributed by atoms with van der Waals surface area (Å²) in [6, 6.07) is 0. The maximum absolute atomic E-state index is 2.32. The number of hydrogen-bond acceptors (Lipinski definition) is 0. The maximum atomic E-state index is 2.32. The van der Waals surface area contributed by atoms with Crippen LogP contribution >= 0.6 is 0 Å². The summed E-state index contributed by atoms with van der Waals surface area (Å²) in [6.45, 7) is 4.60. The Kier molecular flexibility index (Phi) is 11.8. The molecule has 0 amide bonds. The number of unbranched alkanes of at least 4 members (excludes halogenated alkanes) is 5. The minimum atomic E-state index is 1.14. The molecule has 0 aromatic rings. The average molecular weight is 282 g/mol. The van der Waals surface area contributed by atoms with Gasteiger partial charge in [0.2, 0.25) is 0 Å². The van der Waals surface area contributed by atoms with Gasteiger partial charge in [-0.3, -0.25) is 0 Å². The zero-order valence-electron chi connectivity index (χ0n) is 9.65. The van der Waals surface area contributed by atoms with Gasteiger partial charge in [0.25, 0.3) is 0 Å². The Morgan fingerprint density at radius 3 is 2.00 bits per heavy atom. The van der Waals surface area contributed by atoms with Gasteiger partial charge in [-0.25, -0.2) is 0 Å². The fourth-order valence-corrected chi connectivity index (χ4v) is 3.76. The van der Waals surface area contributed by atoms with E-state index >= 15 is 0 Å². The molecule has 0 fully saturated rings. The monoisotopic (exact) mass is 283 g/mol. The molecule has 75 valence electrons. The first-order valence-electron chi connectivity index (χ1n) is 6.14. The van der Waals surface area contributed by atoms with Crippen LogP contribution in [-0.2, 0) is 25.8 Å². The van der Waals surface area contributed by atoms with Gasteiger partial charge in [0.15, 0.2) is 0 Å². The molecule has 0 saturated carbocycles. The van der Waals surface area contributed by atoms with E-state index in [1.54, 1.807) is 0 Å². The molecule has 0 aliphatic heterocycles. The van der Waals surface area contributed by atoms with Crippen molar-refractivity contribution < 1.29 is 25.8 Å². The van der Waals surface area contributed by atoms with Gasteiger partial charge in [-0.05, 0) is 0 Å². The Bertz CT molecular complexity index is 91.1. The summed E-state index contributed by atoms with van der Waals surface area (Å²) in [5.74, 6) is 0. The van der Waals surface area contributed by atoms with Crippen LogP contribution in [0.2, 0.25) is 3.48 Å². The summed E-state index contributed by atoms with van der Waals surface area (Å²) in [5, 5.41) is 0. The average Bonchev–Trinajstić information content (AvgIpc) is 2.11. The third-order valence-electron chi connectivity index (χ3n) is 2.66. The van der Waals surface area contributed by atoms with E-state index in [2.05, 4.69) is 13.8 Å². The van der Waals surface area contributed by atoms with Gasteiger partial charge in [0, 0.05) is 0 Å². The summed E-state index contributed by atoms with van der Waals surface area (Å²) >= 11 is 1.20.